The van der Waals surface area contributed by atoms with Gasteiger partial charge in [0.15, 0.2) is 0 Å². The molecular weight excluding hydrogens is 359 g/mol. The van der Waals surface area contributed by atoms with Gasteiger partial charge in [0.1, 0.15) is 11.6 Å². The quantitative estimate of drug-likeness (QED) is 0.685. The number of ether oxygens (including phenoxy) is 1. The van der Waals surface area contributed by atoms with Crippen LogP contribution in [0.25, 0.3) is 11.3 Å². The standard InChI is InChI=1S/C22H21FN2O3/c1-14-5-6-15(10-19(14)23)12-25-22(27)18-11-16(7-8-20(18)28-2)21-17(13-26)4-3-9-24-21/h3-11,26H,12-13H2,1-2H3,(H,25,27). The number of aromatic nitrogens is 1. The first-order valence-electron chi connectivity index (χ1n) is 8.80. The minimum atomic E-state index is -0.346. The summed E-state index contributed by atoms with van der Waals surface area (Å²) in [5.41, 5.74) is 3.51. The molecule has 3 rings (SSSR count). The highest BCUT2D eigenvalue weighted by Gasteiger charge is 2.15. The van der Waals surface area contributed by atoms with Crippen LogP contribution in [0, 0.1) is 12.7 Å². The maximum absolute atomic E-state index is 13.7. The summed E-state index contributed by atoms with van der Waals surface area (Å²) in [7, 11) is 1.49. The van der Waals surface area contributed by atoms with Gasteiger partial charge in [0.25, 0.3) is 5.91 Å². The van der Waals surface area contributed by atoms with Crippen molar-refractivity contribution in [2.75, 3.05) is 7.11 Å². The Hall–Kier alpha value is -3.25. The SMILES string of the molecule is COc1ccc(-c2ncccc2CO)cc1C(=O)NCc1ccc(C)c(F)c1. The van der Waals surface area contributed by atoms with Crippen molar-refractivity contribution in [1.29, 1.82) is 0 Å². The van der Waals surface area contributed by atoms with Crippen LogP contribution in [0.2, 0.25) is 0 Å². The monoisotopic (exact) mass is 380 g/mol. The second kappa shape index (κ2) is 8.63. The van der Waals surface area contributed by atoms with Crippen molar-refractivity contribution in [2.24, 2.45) is 0 Å². The summed E-state index contributed by atoms with van der Waals surface area (Å²) in [5, 5.41) is 12.3. The maximum atomic E-state index is 13.7. The molecule has 0 unspecified atom stereocenters. The number of aliphatic hydroxyl groups excluding tert-OH is 1. The predicted molar refractivity (Wildman–Crippen MR) is 104 cm³/mol. The lowest BCUT2D eigenvalue weighted by molar-refractivity contribution is 0.0948. The first-order chi connectivity index (χ1) is 13.5. The Morgan fingerprint density at radius 1 is 1.21 bits per heavy atom. The number of halogens is 1. The predicted octanol–water partition coefficient (Wildman–Crippen LogP) is 3.63. The number of aryl methyl sites for hydroxylation is 1. The second-order valence-corrected chi connectivity index (χ2v) is 6.35. The molecule has 0 aliphatic carbocycles. The molecule has 6 heteroatoms. The first-order valence-corrected chi connectivity index (χ1v) is 8.80. The lowest BCUT2D eigenvalue weighted by atomic mass is 10.0. The molecule has 0 saturated carbocycles. The molecule has 0 spiro atoms. The van der Waals surface area contributed by atoms with Crippen LogP contribution >= 0.6 is 0 Å². The zero-order valence-electron chi connectivity index (χ0n) is 15.7. The zero-order chi connectivity index (χ0) is 20.1. The van der Waals surface area contributed by atoms with E-state index in [9.17, 15) is 14.3 Å². The van der Waals surface area contributed by atoms with E-state index in [0.717, 1.165) is 0 Å². The molecule has 2 N–H and O–H groups in total. The number of aliphatic hydroxyl groups is 1. The molecule has 1 heterocycles. The minimum absolute atomic E-state index is 0.157. The van der Waals surface area contributed by atoms with Crippen molar-refractivity contribution >= 4 is 5.91 Å². The first kappa shape index (κ1) is 19.5. The number of nitrogens with one attached hydrogen (secondary N) is 1. The third kappa shape index (κ3) is 4.18. The lowest BCUT2D eigenvalue weighted by Crippen LogP contribution is -2.23. The summed E-state index contributed by atoms with van der Waals surface area (Å²) >= 11 is 0. The average molecular weight is 380 g/mol. The summed E-state index contributed by atoms with van der Waals surface area (Å²) in [6.07, 6.45) is 1.63. The molecule has 0 saturated heterocycles. The van der Waals surface area contributed by atoms with Gasteiger partial charge in [0.2, 0.25) is 0 Å². The Labute approximate surface area is 162 Å². The van der Waals surface area contributed by atoms with Crippen LogP contribution in [0.3, 0.4) is 0 Å². The molecule has 2 aromatic carbocycles. The number of rotatable bonds is 6. The van der Waals surface area contributed by atoms with E-state index in [-0.39, 0.29) is 24.9 Å². The van der Waals surface area contributed by atoms with E-state index in [0.29, 0.717) is 39.3 Å². The van der Waals surface area contributed by atoms with Gasteiger partial charge in [-0.05, 0) is 48.4 Å². The molecule has 1 aromatic heterocycles. The fraction of sp³-hybridized carbons (Fsp3) is 0.182. The fourth-order valence-corrected chi connectivity index (χ4v) is 2.88. The molecule has 0 bridgehead atoms. The number of nitrogens with zero attached hydrogens (tertiary/aromatic N) is 1. The molecule has 1 amide bonds. The van der Waals surface area contributed by atoms with Gasteiger partial charge in [0.05, 0.1) is 25.0 Å². The number of carbonyl (C=O) groups is 1. The van der Waals surface area contributed by atoms with Gasteiger partial charge < -0.3 is 15.2 Å². The Kier molecular flexibility index (Phi) is 6.01. The van der Waals surface area contributed by atoms with Gasteiger partial charge in [-0.25, -0.2) is 4.39 Å². The Morgan fingerprint density at radius 2 is 2.04 bits per heavy atom. The van der Waals surface area contributed by atoms with Crippen molar-refractivity contribution in [3.8, 4) is 17.0 Å². The Balaban J connectivity index is 1.87. The number of carbonyl (C=O) groups excluding carboxylic acids is 1. The molecule has 28 heavy (non-hydrogen) atoms. The highest BCUT2D eigenvalue weighted by molar-refractivity contribution is 5.98. The molecule has 0 radical (unpaired) electrons. The third-order valence-electron chi connectivity index (χ3n) is 4.47. The normalized spacial score (nSPS) is 10.6. The van der Waals surface area contributed by atoms with E-state index in [1.807, 2.05) is 0 Å². The van der Waals surface area contributed by atoms with Gasteiger partial charge in [-0.2, -0.15) is 0 Å². The molecule has 0 aliphatic rings. The van der Waals surface area contributed by atoms with E-state index in [4.69, 9.17) is 4.74 Å². The largest absolute Gasteiger partial charge is 0.496 e. The summed E-state index contributed by atoms with van der Waals surface area (Å²) in [5.74, 6) is -0.239. The third-order valence-corrected chi connectivity index (χ3v) is 4.47. The van der Waals surface area contributed by atoms with Gasteiger partial charge in [-0.1, -0.05) is 18.2 Å². The van der Waals surface area contributed by atoms with Crippen LogP contribution in [0.1, 0.15) is 27.0 Å². The van der Waals surface area contributed by atoms with Gasteiger partial charge in [0, 0.05) is 23.9 Å². The minimum Gasteiger partial charge on any atom is -0.496 e. The van der Waals surface area contributed by atoms with E-state index in [1.54, 1.807) is 55.6 Å². The number of hydrogen-bond acceptors (Lipinski definition) is 4. The van der Waals surface area contributed by atoms with E-state index >= 15 is 0 Å². The molecule has 3 aromatic rings. The molecule has 0 atom stereocenters. The second-order valence-electron chi connectivity index (χ2n) is 6.35. The van der Waals surface area contributed by atoms with Crippen LogP contribution in [0.5, 0.6) is 5.75 Å². The summed E-state index contributed by atoms with van der Waals surface area (Å²) in [6, 6.07) is 13.5. The number of benzene rings is 2. The lowest BCUT2D eigenvalue weighted by Gasteiger charge is -2.13. The van der Waals surface area contributed by atoms with Crippen molar-refractivity contribution in [3.05, 3.63) is 82.8 Å². The smallest absolute Gasteiger partial charge is 0.255 e. The van der Waals surface area contributed by atoms with Crippen molar-refractivity contribution < 1.29 is 19.0 Å². The van der Waals surface area contributed by atoms with Crippen molar-refractivity contribution in [3.63, 3.8) is 0 Å². The zero-order valence-corrected chi connectivity index (χ0v) is 15.7. The summed E-state index contributed by atoms with van der Waals surface area (Å²) in [6.45, 7) is 1.72. The highest BCUT2D eigenvalue weighted by atomic mass is 19.1. The molecule has 0 fully saturated rings. The summed E-state index contributed by atoms with van der Waals surface area (Å²) in [4.78, 5) is 17.0. The topological polar surface area (TPSA) is 71.5 Å². The van der Waals surface area contributed by atoms with Crippen LogP contribution in [0.15, 0.2) is 54.7 Å². The van der Waals surface area contributed by atoms with Gasteiger partial charge in [-0.15, -0.1) is 0 Å². The number of amides is 1. The van der Waals surface area contributed by atoms with E-state index in [2.05, 4.69) is 10.3 Å². The maximum Gasteiger partial charge on any atom is 0.255 e. The van der Waals surface area contributed by atoms with Gasteiger partial charge >= 0.3 is 0 Å². The number of pyridine rings is 1. The van der Waals surface area contributed by atoms with Crippen LogP contribution in [0.4, 0.5) is 4.39 Å². The van der Waals surface area contributed by atoms with Gasteiger partial charge in [-0.3, -0.25) is 9.78 Å². The highest BCUT2D eigenvalue weighted by Crippen LogP contribution is 2.27. The number of methoxy groups -OCH3 is 1. The van der Waals surface area contributed by atoms with Crippen molar-refractivity contribution in [2.45, 2.75) is 20.1 Å². The molecule has 144 valence electrons. The van der Waals surface area contributed by atoms with Crippen molar-refractivity contribution in [1.82, 2.24) is 10.3 Å². The molecule has 5 nitrogen and oxygen atoms in total. The summed E-state index contributed by atoms with van der Waals surface area (Å²) < 4.78 is 19.0. The van der Waals surface area contributed by atoms with Crippen LogP contribution in [-0.2, 0) is 13.2 Å². The van der Waals surface area contributed by atoms with E-state index < -0.39 is 0 Å². The van der Waals surface area contributed by atoms with Crippen LogP contribution in [-0.4, -0.2) is 23.1 Å². The Morgan fingerprint density at radius 3 is 2.75 bits per heavy atom. The number of hydrogen-bond donors (Lipinski definition) is 2. The van der Waals surface area contributed by atoms with E-state index in [1.165, 1.54) is 13.2 Å². The average Bonchev–Trinajstić information content (AvgIpc) is 2.73. The van der Waals surface area contributed by atoms with Crippen LogP contribution < -0.4 is 10.1 Å². The molecular formula is C22H21FN2O3. The fourth-order valence-electron chi connectivity index (χ4n) is 2.88. The molecule has 0 aliphatic heterocycles. The Bertz CT molecular complexity index is 1000.